The Hall–Kier alpha value is -2.11. The second kappa shape index (κ2) is 6.58. The third kappa shape index (κ3) is 4.82. The van der Waals surface area contributed by atoms with Crippen molar-refractivity contribution in [1.29, 1.82) is 0 Å². The van der Waals surface area contributed by atoms with Crippen LogP contribution in [-0.2, 0) is 16.1 Å². The van der Waals surface area contributed by atoms with Gasteiger partial charge >= 0.3 is 5.97 Å². The summed E-state index contributed by atoms with van der Waals surface area (Å²) in [5.41, 5.74) is 2.06. The molecule has 0 unspecified atom stereocenters. The van der Waals surface area contributed by atoms with Crippen LogP contribution >= 0.6 is 0 Å². The van der Waals surface area contributed by atoms with Crippen molar-refractivity contribution < 1.29 is 14.7 Å². The third-order valence-electron chi connectivity index (χ3n) is 2.33. The van der Waals surface area contributed by atoms with Gasteiger partial charge in [0.15, 0.2) is 0 Å². The maximum absolute atomic E-state index is 11.1. The van der Waals surface area contributed by atoms with Crippen molar-refractivity contribution in [3.05, 3.63) is 29.6 Å². The molecule has 18 heavy (non-hydrogen) atoms. The summed E-state index contributed by atoms with van der Waals surface area (Å²) in [4.78, 5) is 21.3. The number of nitrogens with zero attached hydrogens (tertiary/aromatic N) is 2. The van der Waals surface area contributed by atoms with Crippen molar-refractivity contribution in [2.75, 3.05) is 6.54 Å². The van der Waals surface area contributed by atoms with Crippen LogP contribution in [-0.4, -0.2) is 33.3 Å². The Kier molecular flexibility index (Phi) is 5.10. The lowest BCUT2D eigenvalue weighted by Crippen LogP contribution is -2.23. The number of hydrogen-bond donors (Lipinski definition) is 2. The number of carboxylic acid groups (broad SMARTS) is 1. The molecule has 1 amide bonds. The molecule has 0 aromatic carbocycles. The number of hydrogen-bond acceptors (Lipinski definition) is 3. The maximum Gasteiger partial charge on any atom is 0.328 e. The number of rotatable bonds is 6. The predicted octanol–water partition coefficient (Wildman–Crippen LogP) is 0.647. The minimum atomic E-state index is -1.13. The van der Waals surface area contributed by atoms with Crippen LogP contribution in [0.3, 0.4) is 0 Å². The highest BCUT2D eigenvalue weighted by Crippen LogP contribution is 2.02. The second-order valence-corrected chi connectivity index (χ2v) is 3.97. The van der Waals surface area contributed by atoms with Crippen LogP contribution in [0.1, 0.15) is 17.8 Å². The SMILES string of the molecule is Cc1cc(C)n(CCCNC(=O)/C=C/C(=O)O)n1. The molecule has 0 spiro atoms. The Morgan fingerprint density at radius 3 is 2.72 bits per heavy atom. The van der Waals surface area contributed by atoms with Crippen LogP contribution in [0.2, 0.25) is 0 Å². The van der Waals surface area contributed by atoms with Crippen molar-refractivity contribution in [3.8, 4) is 0 Å². The molecule has 1 rings (SSSR count). The number of aliphatic carboxylic acids is 1. The Morgan fingerprint density at radius 1 is 1.44 bits per heavy atom. The minimum Gasteiger partial charge on any atom is -0.478 e. The minimum absolute atomic E-state index is 0.397. The van der Waals surface area contributed by atoms with Crippen molar-refractivity contribution in [3.63, 3.8) is 0 Å². The van der Waals surface area contributed by atoms with Gasteiger partial charge in [0.05, 0.1) is 5.69 Å². The molecule has 0 saturated heterocycles. The molecule has 98 valence electrons. The first-order chi connectivity index (χ1) is 8.49. The summed E-state index contributed by atoms with van der Waals surface area (Å²) in [5, 5.41) is 15.2. The maximum atomic E-state index is 11.1. The molecule has 0 radical (unpaired) electrons. The van der Waals surface area contributed by atoms with Gasteiger partial charge < -0.3 is 10.4 Å². The monoisotopic (exact) mass is 251 g/mol. The zero-order valence-corrected chi connectivity index (χ0v) is 10.5. The van der Waals surface area contributed by atoms with Gasteiger partial charge in [-0.25, -0.2) is 4.79 Å². The van der Waals surface area contributed by atoms with Crippen LogP contribution in [0.15, 0.2) is 18.2 Å². The summed E-state index contributed by atoms with van der Waals surface area (Å²) in [6.07, 6.45) is 2.57. The van der Waals surface area contributed by atoms with Gasteiger partial charge in [0.25, 0.3) is 0 Å². The molecule has 1 heterocycles. The van der Waals surface area contributed by atoms with Gasteiger partial charge in [-0.05, 0) is 26.3 Å². The van der Waals surface area contributed by atoms with Crippen molar-refractivity contribution in [2.45, 2.75) is 26.8 Å². The highest BCUT2D eigenvalue weighted by Gasteiger charge is 2.01. The Labute approximate surface area is 105 Å². The van der Waals surface area contributed by atoms with Crippen LogP contribution in [0.4, 0.5) is 0 Å². The second-order valence-electron chi connectivity index (χ2n) is 3.97. The first kappa shape index (κ1) is 14.0. The van der Waals surface area contributed by atoms with Gasteiger partial charge in [0.2, 0.25) is 5.91 Å². The molecule has 1 aromatic heterocycles. The lowest BCUT2D eigenvalue weighted by molar-refractivity contribution is -0.131. The van der Waals surface area contributed by atoms with Gasteiger partial charge in [0, 0.05) is 30.9 Å². The van der Waals surface area contributed by atoms with Crippen LogP contribution < -0.4 is 5.32 Å². The van der Waals surface area contributed by atoms with Crippen LogP contribution in [0.25, 0.3) is 0 Å². The van der Waals surface area contributed by atoms with E-state index in [1.165, 1.54) is 0 Å². The number of carbonyl (C=O) groups is 2. The first-order valence-electron chi connectivity index (χ1n) is 5.69. The molecule has 1 aromatic rings. The summed E-state index contributed by atoms with van der Waals surface area (Å²) in [6.45, 7) is 5.12. The van der Waals surface area contributed by atoms with Gasteiger partial charge in [-0.15, -0.1) is 0 Å². The molecule has 0 bridgehead atoms. The molecule has 0 saturated carbocycles. The van der Waals surface area contributed by atoms with Crippen LogP contribution in [0, 0.1) is 13.8 Å². The predicted molar refractivity (Wildman–Crippen MR) is 66.1 cm³/mol. The fourth-order valence-corrected chi connectivity index (χ4v) is 1.55. The number of carboxylic acids is 1. The molecular weight excluding hydrogens is 234 g/mol. The molecule has 0 aliphatic heterocycles. The molecule has 0 fully saturated rings. The summed E-state index contributed by atoms with van der Waals surface area (Å²) in [7, 11) is 0. The van der Waals surface area contributed by atoms with E-state index in [2.05, 4.69) is 10.4 Å². The Bertz CT molecular complexity index is 463. The zero-order chi connectivity index (χ0) is 13.5. The van der Waals surface area contributed by atoms with Crippen molar-refractivity contribution in [2.24, 2.45) is 0 Å². The Morgan fingerprint density at radius 2 is 2.17 bits per heavy atom. The number of aromatic nitrogens is 2. The van der Waals surface area contributed by atoms with E-state index in [-0.39, 0.29) is 0 Å². The van der Waals surface area contributed by atoms with E-state index in [4.69, 9.17) is 5.11 Å². The van der Waals surface area contributed by atoms with E-state index in [1.54, 1.807) is 0 Å². The number of aryl methyl sites for hydroxylation is 3. The van der Waals surface area contributed by atoms with E-state index in [0.717, 1.165) is 36.5 Å². The van der Waals surface area contributed by atoms with E-state index >= 15 is 0 Å². The lowest BCUT2D eigenvalue weighted by Gasteiger charge is -2.04. The summed E-state index contributed by atoms with van der Waals surface area (Å²) in [5.74, 6) is -1.53. The van der Waals surface area contributed by atoms with E-state index < -0.39 is 11.9 Å². The largest absolute Gasteiger partial charge is 0.478 e. The average Bonchev–Trinajstić information content (AvgIpc) is 2.60. The quantitative estimate of drug-likeness (QED) is 0.574. The van der Waals surface area contributed by atoms with Gasteiger partial charge in [-0.1, -0.05) is 0 Å². The lowest BCUT2D eigenvalue weighted by atomic mass is 10.3. The topological polar surface area (TPSA) is 84.2 Å². The summed E-state index contributed by atoms with van der Waals surface area (Å²) in [6, 6.07) is 1.99. The Balaban J connectivity index is 2.25. The van der Waals surface area contributed by atoms with E-state index in [0.29, 0.717) is 6.54 Å². The molecule has 6 nitrogen and oxygen atoms in total. The average molecular weight is 251 g/mol. The van der Waals surface area contributed by atoms with Crippen molar-refractivity contribution >= 4 is 11.9 Å². The number of nitrogens with one attached hydrogen (secondary N) is 1. The van der Waals surface area contributed by atoms with Gasteiger partial charge in [-0.2, -0.15) is 5.10 Å². The first-order valence-corrected chi connectivity index (χ1v) is 5.69. The molecule has 0 aliphatic rings. The fraction of sp³-hybridized carbons (Fsp3) is 0.417. The smallest absolute Gasteiger partial charge is 0.328 e. The number of amides is 1. The van der Waals surface area contributed by atoms with Crippen molar-refractivity contribution in [1.82, 2.24) is 15.1 Å². The summed E-state index contributed by atoms with van der Waals surface area (Å²) >= 11 is 0. The standard InChI is InChI=1S/C12H17N3O3/c1-9-8-10(2)15(14-9)7-3-6-13-11(16)4-5-12(17)18/h4-5,8H,3,6-7H2,1-2H3,(H,13,16)(H,17,18)/b5-4+. The normalized spacial score (nSPS) is 10.8. The van der Waals surface area contributed by atoms with Gasteiger partial charge in [-0.3, -0.25) is 9.48 Å². The zero-order valence-electron chi connectivity index (χ0n) is 10.5. The highest BCUT2D eigenvalue weighted by molar-refractivity contribution is 5.93. The molecular formula is C12H17N3O3. The van der Waals surface area contributed by atoms with Gasteiger partial charge in [0.1, 0.15) is 0 Å². The molecule has 6 heteroatoms. The fourth-order valence-electron chi connectivity index (χ4n) is 1.55. The van der Waals surface area contributed by atoms with Crippen LogP contribution in [0.5, 0.6) is 0 Å². The molecule has 0 aliphatic carbocycles. The molecule has 2 N–H and O–H groups in total. The summed E-state index contributed by atoms with van der Waals surface area (Å²) < 4.78 is 1.88. The third-order valence-corrected chi connectivity index (χ3v) is 2.33. The molecule has 0 atom stereocenters. The van der Waals surface area contributed by atoms with E-state index in [1.807, 2.05) is 24.6 Å². The number of carbonyl (C=O) groups excluding carboxylic acids is 1. The highest BCUT2D eigenvalue weighted by atomic mass is 16.4. The van der Waals surface area contributed by atoms with E-state index in [9.17, 15) is 9.59 Å².